The number of benzene rings is 2. The quantitative estimate of drug-likeness (QED) is 0.829. The van der Waals surface area contributed by atoms with Crippen molar-refractivity contribution in [1.82, 2.24) is 0 Å². The highest BCUT2D eigenvalue weighted by atomic mass is 16.6. The molecule has 0 unspecified atom stereocenters. The normalized spacial score (nSPS) is 15.0. The molecule has 4 rings (SSSR count). The van der Waals surface area contributed by atoms with Crippen LogP contribution in [0.2, 0.25) is 0 Å². The minimum Gasteiger partial charge on any atom is -0.481 e. The molecule has 2 aliphatic carbocycles. The topological polar surface area (TPSA) is 29.5 Å². The first-order valence-electron chi connectivity index (χ1n) is 7.43. The van der Waals surface area contributed by atoms with Gasteiger partial charge in [0.05, 0.1) is 5.57 Å². The summed E-state index contributed by atoms with van der Waals surface area (Å²) >= 11 is 0. The molecular formula is C20H16O2. The minimum absolute atomic E-state index is 0.00753. The lowest BCUT2D eigenvalue weighted by molar-refractivity contribution is 0.0871. The molecule has 0 fully saturated rings. The third-order valence-corrected chi connectivity index (χ3v) is 4.26. The van der Waals surface area contributed by atoms with Crippen LogP contribution in [0.1, 0.15) is 17.0 Å². The van der Waals surface area contributed by atoms with Gasteiger partial charge >= 0.3 is 0 Å². The van der Waals surface area contributed by atoms with Crippen LogP contribution >= 0.6 is 0 Å². The molecule has 2 nitrogen and oxygen atoms in total. The zero-order valence-electron chi connectivity index (χ0n) is 12.1. The van der Waals surface area contributed by atoms with Crippen LogP contribution in [-0.4, -0.2) is 11.7 Å². The third-order valence-electron chi connectivity index (χ3n) is 4.26. The van der Waals surface area contributed by atoms with E-state index in [1.54, 1.807) is 0 Å². The zero-order chi connectivity index (χ0) is 14.9. The maximum absolute atomic E-state index is 10.1. The maximum Gasteiger partial charge on any atom is 0.284 e. The monoisotopic (exact) mass is 288 g/mol. The average molecular weight is 288 g/mol. The highest BCUT2D eigenvalue weighted by Crippen LogP contribution is 2.44. The van der Waals surface area contributed by atoms with E-state index in [0.717, 1.165) is 5.57 Å². The lowest BCUT2D eigenvalue weighted by Crippen LogP contribution is -2.07. The summed E-state index contributed by atoms with van der Waals surface area (Å²) in [6.45, 7) is 0.436. The van der Waals surface area contributed by atoms with Gasteiger partial charge in [0, 0.05) is 5.92 Å². The summed E-state index contributed by atoms with van der Waals surface area (Å²) in [5.41, 5.74) is 5.77. The van der Waals surface area contributed by atoms with Crippen molar-refractivity contribution in [3.63, 3.8) is 0 Å². The Morgan fingerprint density at radius 1 is 0.864 bits per heavy atom. The van der Waals surface area contributed by atoms with Crippen LogP contribution in [0.15, 0.2) is 84.4 Å². The van der Waals surface area contributed by atoms with Gasteiger partial charge in [-0.2, -0.15) is 0 Å². The number of rotatable bonds is 3. The summed E-state index contributed by atoms with van der Waals surface area (Å²) in [4.78, 5) is 0. The van der Waals surface area contributed by atoms with Crippen LogP contribution in [0.3, 0.4) is 0 Å². The first-order valence-corrected chi connectivity index (χ1v) is 7.43. The molecule has 22 heavy (non-hydrogen) atoms. The summed E-state index contributed by atoms with van der Waals surface area (Å²) in [7, 11) is 0. The number of aliphatic hydroxyl groups is 1. The summed E-state index contributed by atoms with van der Waals surface area (Å²) < 4.78 is 5.66. The van der Waals surface area contributed by atoms with E-state index in [0.29, 0.717) is 6.61 Å². The lowest BCUT2D eigenvalue weighted by atomic mass is 9.98. The molecule has 0 aliphatic heterocycles. The smallest absolute Gasteiger partial charge is 0.284 e. The second-order valence-corrected chi connectivity index (χ2v) is 5.52. The van der Waals surface area contributed by atoms with Crippen molar-refractivity contribution in [2.24, 2.45) is 0 Å². The van der Waals surface area contributed by atoms with Gasteiger partial charge in [-0.15, -0.1) is 0 Å². The fraction of sp³-hybridized carbons (Fsp3) is 0.100. The molecule has 108 valence electrons. The molecule has 2 aromatic carbocycles. The Hall–Kier alpha value is -2.74. The molecule has 0 heterocycles. The summed E-state index contributed by atoms with van der Waals surface area (Å²) in [6, 6.07) is 16.8. The van der Waals surface area contributed by atoms with Gasteiger partial charge in [-0.1, -0.05) is 60.7 Å². The van der Waals surface area contributed by atoms with Crippen molar-refractivity contribution < 1.29 is 9.84 Å². The average Bonchev–Trinajstić information content (AvgIpc) is 3.20. The molecule has 0 bridgehead atoms. The van der Waals surface area contributed by atoms with Gasteiger partial charge in [0.2, 0.25) is 0 Å². The zero-order valence-corrected chi connectivity index (χ0v) is 12.1. The van der Waals surface area contributed by atoms with E-state index in [-0.39, 0.29) is 11.9 Å². The number of allylic oxidation sites excluding steroid dienone is 5. The van der Waals surface area contributed by atoms with Crippen LogP contribution in [-0.2, 0) is 4.74 Å². The second-order valence-electron chi connectivity index (χ2n) is 5.52. The van der Waals surface area contributed by atoms with E-state index < -0.39 is 0 Å². The highest BCUT2D eigenvalue weighted by molar-refractivity contribution is 5.78. The van der Waals surface area contributed by atoms with Crippen molar-refractivity contribution in [2.75, 3.05) is 6.61 Å². The molecule has 0 saturated carbocycles. The predicted molar refractivity (Wildman–Crippen MR) is 87.6 cm³/mol. The largest absolute Gasteiger partial charge is 0.481 e. The number of hydrogen-bond acceptors (Lipinski definition) is 2. The Bertz CT molecular complexity index is 752. The van der Waals surface area contributed by atoms with Crippen molar-refractivity contribution >= 4 is 0 Å². The van der Waals surface area contributed by atoms with Gasteiger partial charge in [0.1, 0.15) is 6.61 Å². The van der Waals surface area contributed by atoms with E-state index in [1.165, 1.54) is 22.3 Å². The molecule has 0 saturated heterocycles. The molecule has 0 spiro atoms. The SMILES string of the molecule is OC(OCC1c2ccccc2-c2ccccc21)=C1C=CC=C1. The molecule has 1 N–H and O–H groups in total. The Kier molecular flexibility index (Phi) is 3.08. The van der Waals surface area contributed by atoms with Crippen molar-refractivity contribution in [3.8, 4) is 11.1 Å². The van der Waals surface area contributed by atoms with Gasteiger partial charge in [-0.25, -0.2) is 0 Å². The minimum atomic E-state index is -0.00753. The van der Waals surface area contributed by atoms with Crippen LogP contribution in [0.25, 0.3) is 11.1 Å². The van der Waals surface area contributed by atoms with E-state index >= 15 is 0 Å². The first kappa shape index (κ1) is 13.0. The lowest BCUT2D eigenvalue weighted by Gasteiger charge is -2.15. The summed E-state index contributed by atoms with van der Waals surface area (Å²) in [5.74, 6) is 0.149. The van der Waals surface area contributed by atoms with E-state index in [4.69, 9.17) is 4.74 Å². The van der Waals surface area contributed by atoms with Crippen LogP contribution < -0.4 is 0 Å². The highest BCUT2D eigenvalue weighted by Gasteiger charge is 2.28. The number of hydrogen-bond donors (Lipinski definition) is 1. The predicted octanol–water partition coefficient (Wildman–Crippen LogP) is 4.71. The Morgan fingerprint density at radius 2 is 1.41 bits per heavy atom. The molecule has 0 amide bonds. The number of aliphatic hydroxyl groups excluding tert-OH is 1. The standard InChI is InChI=1S/C20H16O2/c21-20(14-7-1-2-8-14)22-13-19-17-11-5-3-9-15(17)16-10-4-6-12-18(16)19/h1-12,19,21H,13H2. The maximum atomic E-state index is 10.1. The van der Waals surface area contributed by atoms with Gasteiger partial charge in [0.15, 0.2) is 0 Å². The van der Waals surface area contributed by atoms with E-state index in [2.05, 4.69) is 48.5 Å². The van der Waals surface area contributed by atoms with E-state index in [1.807, 2.05) is 24.3 Å². The van der Waals surface area contributed by atoms with E-state index in [9.17, 15) is 5.11 Å². The van der Waals surface area contributed by atoms with Gasteiger partial charge in [0.25, 0.3) is 5.95 Å². The van der Waals surface area contributed by atoms with Crippen LogP contribution in [0.5, 0.6) is 0 Å². The molecule has 0 radical (unpaired) electrons. The summed E-state index contributed by atoms with van der Waals surface area (Å²) in [5, 5.41) is 10.1. The fourth-order valence-electron chi connectivity index (χ4n) is 3.20. The fourth-order valence-corrected chi connectivity index (χ4v) is 3.20. The second kappa shape index (κ2) is 5.23. The van der Waals surface area contributed by atoms with Gasteiger partial charge in [-0.3, -0.25) is 0 Å². The van der Waals surface area contributed by atoms with Crippen LogP contribution in [0.4, 0.5) is 0 Å². The van der Waals surface area contributed by atoms with Crippen LogP contribution in [0, 0.1) is 0 Å². The molecular weight excluding hydrogens is 272 g/mol. The van der Waals surface area contributed by atoms with Gasteiger partial charge < -0.3 is 9.84 Å². The third kappa shape index (κ3) is 2.04. The number of ether oxygens (including phenoxy) is 1. The Labute approximate surface area is 129 Å². The van der Waals surface area contributed by atoms with Crippen molar-refractivity contribution in [1.29, 1.82) is 0 Å². The van der Waals surface area contributed by atoms with Crippen molar-refractivity contribution in [3.05, 3.63) is 95.5 Å². The molecule has 0 atom stereocenters. The molecule has 2 heteroatoms. The Morgan fingerprint density at radius 3 is 2.00 bits per heavy atom. The molecule has 2 aromatic rings. The van der Waals surface area contributed by atoms with Gasteiger partial charge in [-0.05, 0) is 34.4 Å². The first-order chi connectivity index (χ1) is 10.8. The van der Waals surface area contributed by atoms with Crippen molar-refractivity contribution in [2.45, 2.75) is 5.92 Å². The molecule has 2 aliphatic rings. The molecule has 0 aromatic heterocycles. The number of fused-ring (bicyclic) bond motifs is 3. The Balaban J connectivity index is 1.66. The summed E-state index contributed by atoms with van der Waals surface area (Å²) in [6.07, 6.45) is 7.45.